The maximum Gasteiger partial charge on any atom is 0.182 e. The molecule has 0 radical (unpaired) electrons. The summed E-state index contributed by atoms with van der Waals surface area (Å²) < 4.78 is 1.92. The SMILES string of the molecule is CCC(CC)C(C)n1nnnc1-c1cc(C)cc(N)c1. The van der Waals surface area contributed by atoms with Crippen LogP contribution in [0.25, 0.3) is 11.4 Å². The predicted octanol–water partition coefficient (Wildman–Crippen LogP) is 3.23. The molecule has 0 fully saturated rings. The standard InChI is InChI=1S/C15H23N5/c1-5-12(6-2)11(4)20-15(17-18-19-20)13-7-10(3)8-14(16)9-13/h7-9,11-12H,5-6,16H2,1-4H3. The number of tetrazole rings is 1. The van der Waals surface area contributed by atoms with Crippen molar-refractivity contribution in [3.63, 3.8) is 0 Å². The van der Waals surface area contributed by atoms with Crippen molar-refractivity contribution >= 4 is 5.69 Å². The van der Waals surface area contributed by atoms with Gasteiger partial charge in [0.2, 0.25) is 0 Å². The summed E-state index contributed by atoms with van der Waals surface area (Å²) in [4.78, 5) is 0. The molecule has 1 aromatic heterocycles. The van der Waals surface area contributed by atoms with Gasteiger partial charge in [0.25, 0.3) is 0 Å². The van der Waals surface area contributed by atoms with Crippen LogP contribution >= 0.6 is 0 Å². The normalized spacial score (nSPS) is 12.8. The number of hydrogen-bond acceptors (Lipinski definition) is 4. The van der Waals surface area contributed by atoms with Crippen LogP contribution in [0.15, 0.2) is 18.2 Å². The fraction of sp³-hybridized carbons (Fsp3) is 0.533. The van der Waals surface area contributed by atoms with Crippen molar-refractivity contribution in [3.8, 4) is 11.4 Å². The summed E-state index contributed by atoms with van der Waals surface area (Å²) in [6, 6.07) is 6.21. The van der Waals surface area contributed by atoms with E-state index < -0.39 is 0 Å². The number of nitrogen functional groups attached to an aromatic ring is 1. The average molecular weight is 273 g/mol. The molecule has 0 saturated heterocycles. The minimum atomic E-state index is 0.275. The topological polar surface area (TPSA) is 69.6 Å². The highest BCUT2D eigenvalue weighted by atomic mass is 15.5. The van der Waals surface area contributed by atoms with E-state index in [1.165, 1.54) is 0 Å². The second kappa shape index (κ2) is 6.03. The van der Waals surface area contributed by atoms with E-state index >= 15 is 0 Å². The minimum absolute atomic E-state index is 0.275. The lowest BCUT2D eigenvalue weighted by atomic mass is 9.95. The summed E-state index contributed by atoms with van der Waals surface area (Å²) in [7, 11) is 0. The molecule has 108 valence electrons. The van der Waals surface area contributed by atoms with Crippen LogP contribution in [0.5, 0.6) is 0 Å². The Morgan fingerprint density at radius 1 is 1.20 bits per heavy atom. The van der Waals surface area contributed by atoms with Crippen LogP contribution in [0.3, 0.4) is 0 Å². The molecule has 2 rings (SSSR count). The number of anilines is 1. The Labute approximate surface area is 120 Å². The molecule has 0 aliphatic carbocycles. The highest BCUT2D eigenvalue weighted by Crippen LogP contribution is 2.28. The van der Waals surface area contributed by atoms with E-state index in [-0.39, 0.29) is 6.04 Å². The Morgan fingerprint density at radius 3 is 2.50 bits per heavy atom. The van der Waals surface area contributed by atoms with Gasteiger partial charge in [-0.05, 0) is 54.0 Å². The molecular weight excluding hydrogens is 250 g/mol. The summed E-state index contributed by atoms with van der Waals surface area (Å²) in [5, 5.41) is 12.2. The van der Waals surface area contributed by atoms with Crippen molar-refractivity contribution in [2.75, 3.05) is 5.73 Å². The molecular formula is C15H23N5. The van der Waals surface area contributed by atoms with Gasteiger partial charge in [-0.25, -0.2) is 4.68 Å². The van der Waals surface area contributed by atoms with Crippen LogP contribution in [0, 0.1) is 12.8 Å². The molecule has 1 heterocycles. The summed E-state index contributed by atoms with van der Waals surface area (Å²) in [5.41, 5.74) is 8.76. The van der Waals surface area contributed by atoms with Gasteiger partial charge >= 0.3 is 0 Å². The molecule has 2 N–H and O–H groups in total. The van der Waals surface area contributed by atoms with Crippen LogP contribution in [0.2, 0.25) is 0 Å². The Morgan fingerprint density at radius 2 is 1.90 bits per heavy atom. The smallest absolute Gasteiger partial charge is 0.182 e. The second-order valence-electron chi connectivity index (χ2n) is 5.40. The van der Waals surface area contributed by atoms with Gasteiger partial charge in [-0.1, -0.05) is 26.7 Å². The third-order valence-corrected chi connectivity index (χ3v) is 3.97. The van der Waals surface area contributed by atoms with Crippen LogP contribution in [-0.4, -0.2) is 20.2 Å². The summed E-state index contributed by atoms with van der Waals surface area (Å²) >= 11 is 0. The Hall–Kier alpha value is -1.91. The van der Waals surface area contributed by atoms with Crippen molar-refractivity contribution in [2.24, 2.45) is 5.92 Å². The third kappa shape index (κ3) is 2.81. The van der Waals surface area contributed by atoms with Crippen molar-refractivity contribution < 1.29 is 0 Å². The predicted molar refractivity (Wildman–Crippen MR) is 81.2 cm³/mol. The molecule has 1 unspecified atom stereocenters. The number of benzene rings is 1. The molecule has 0 aliphatic rings. The highest BCUT2D eigenvalue weighted by Gasteiger charge is 2.21. The lowest BCUT2D eigenvalue weighted by molar-refractivity contribution is 0.309. The summed E-state index contributed by atoms with van der Waals surface area (Å²) in [6.07, 6.45) is 2.24. The first-order chi connectivity index (χ1) is 9.56. The molecule has 5 heteroatoms. The number of aromatic nitrogens is 4. The van der Waals surface area contributed by atoms with Crippen LogP contribution < -0.4 is 5.73 Å². The molecule has 5 nitrogen and oxygen atoms in total. The molecule has 2 aromatic rings. The molecule has 0 amide bonds. The van der Waals surface area contributed by atoms with Crippen LogP contribution in [0.1, 0.15) is 45.2 Å². The Kier molecular flexibility index (Phi) is 4.37. The van der Waals surface area contributed by atoms with E-state index in [1.54, 1.807) is 0 Å². The number of nitrogens with zero attached hydrogens (tertiary/aromatic N) is 4. The highest BCUT2D eigenvalue weighted by molar-refractivity contribution is 5.62. The van der Waals surface area contributed by atoms with Gasteiger partial charge in [0.05, 0.1) is 6.04 Å². The van der Waals surface area contributed by atoms with Gasteiger partial charge in [0.1, 0.15) is 0 Å². The largest absolute Gasteiger partial charge is 0.399 e. The van der Waals surface area contributed by atoms with Crippen molar-refractivity contribution in [1.82, 2.24) is 20.2 Å². The minimum Gasteiger partial charge on any atom is -0.399 e. The van der Waals surface area contributed by atoms with E-state index in [1.807, 2.05) is 23.7 Å². The summed E-state index contributed by atoms with van der Waals surface area (Å²) in [6.45, 7) is 8.62. The van der Waals surface area contributed by atoms with Crippen molar-refractivity contribution in [2.45, 2.75) is 46.6 Å². The number of hydrogen-bond donors (Lipinski definition) is 1. The number of aryl methyl sites for hydroxylation is 1. The quantitative estimate of drug-likeness (QED) is 0.849. The molecule has 0 aliphatic heterocycles. The van der Waals surface area contributed by atoms with Crippen molar-refractivity contribution in [1.29, 1.82) is 0 Å². The zero-order chi connectivity index (χ0) is 14.7. The molecule has 0 spiro atoms. The Balaban J connectivity index is 2.42. The second-order valence-corrected chi connectivity index (χ2v) is 5.40. The maximum absolute atomic E-state index is 5.93. The van der Waals surface area contributed by atoms with Crippen molar-refractivity contribution in [3.05, 3.63) is 23.8 Å². The monoisotopic (exact) mass is 273 g/mol. The van der Waals surface area contributed by atoms with E-state index in [0.29, 0.717) is 5.92 Å². The third-order valence-electron chi connectivity index (χ3n) is 3.97. The fourth-order valence-corrected chi connectivity index (χ4v) is 2.77. The zero-order valence-electron chi connectivity index (χ0n) is 12.7. The lowest BCUT2D eigenvalue weighted by Gasteiger charge is -2.22. The Bertz CT molecular complexity index is 551. The van der Waals surface area contributed by atoms with E-state index in [9.17, 15) is 0 Å². The van der Waals surface area contributed by atoms with Gasteiger partial charge in [0, 0.05) is 11.3 Å². The fourth-order valence-electron chi connectivity index (χ4n) is 2.77. The van der Waals surface area contributed by atoms with Gasteiger partial charge in [-0.3, -0.25) is 0 Å². The van der Waals surface area contributed by atoms with Crippen LogP contribution in [-0.2, 0) is 0 Å². The van der Waals surface area contributed by atoms with E-state index in [0.717, 1.165) is 35.5 Å². The number of rotatable bonds is 5. The first-order valence-corrected chi connectivity index (χ1v) is 7.22. The molecule has 1 atom stereocenters. The number of nitrogens with two attached hydrogens (primary N) is 1. The van der Waals surface area contributed by atoms with Gasteiger partial charge < -0.3 is 5.73 Å². The van der Waals surface area contributed by atoms with Gasteiger partial charge in [-0.2, -0.15) is 0 Å². The van der Waals surface area contributed by atoms with Gasteiger partial charge in [-0.15, -0.1) is 5.10 Å². The van der Waals surface area contributed by atoms with Gasteiger partial charge in [0.15, 0.2) is 5.82 Å². The maximum atomic E-state index is 5.93. The molecule has 0 saturated carbocycles. The summed E-state index contributed by atoms with van der Waals surface area (Å²) in [5.74, 6) is 1.36. The molecule has 20 heavy (non-hydrogen) atoms. The zero-order valence-corrected chi connectivity index (χ0v) is 12.7. The first-order valence-electron chi connectivity index (χ1n) is 7.22. The lowest BCUT2D eigenvalue weighted by Crippen LogP contribution is -2.18. The van der Waals surface area contributed by atoms with E-state index in [4.69, 9.17) is 5.73 Å². The molecule has 0 bridgehead atoms. The van der Waals surface area contributed by atoms with Crippen LogP contribution in [0.4, 0.5) is 5.69 Å². The molecule has 1 aromatic carbocycles. The van der Waals surface area contributed by atoms with E-state index in [2.05, 4.69) is 42.4 Å². The first kappa shape index (κ1) is 14.5. The average Bonchev–Trinajstić information content (AvgIpc) is 2.88.